The summed E-state index contributed by atoms with van der Waals surface area (Å²) in [6, 6.07) is 4.07. The van der Waals surface area contributed by atoms with Gasteiger partial charge in [-0.25, -0.2) is 4.98 Å². The van der Waals surface area contributed by atoms with E-state index in [0.717, 1.165) is 63.2 Å². The molecule has 1 aliphatic heterocycles. The molecule has 0 spiro atoms. The van der Waals surface area contributed by atoms with Gasteiger partial charge in [0.05, 0.1) is 13.2 Å². The van der Waals surface area contributed by atoms with Gasteiger partial charge in [-0.15, -0.1) is 0 Å². The van der Waals surface area contributed by atoms with Crippen molar-refractivity contribution in [1.82, 2.24) is 9.88 Å². The Morgan fingerprint density at radius 1 is 1.19 bits per heavy atom. The number of aryl methyl sites for hydroxylation is 1. The van der Waals surface area contributed by atoms with Crippen LogP contribution in [0.25, 0.3) is 0 Å². The summed E-state index contributed by atoms with van der Waals surface area (Å²) < 4.78 is 5.40. The first-order valence-corrected chi connectivity index (χ1v) is 10.5. The Morgan fingerprint density at radius 2 is 1.89 bits per heavy atom. The topological polar surface area (TPSA) is 71.7 Å². The Bertz CT molecular complexity index is 567. The van der Waals surface area contributed by atoms with Crippen molar-refractivity contribution in [3.8, 4) is 0 Å². The molecule has 2 rings (SSSR count). The number of hydrogen-bond donors (Lipinski definition) is 1. The van der Waals surface area contributed by atoms with Crippen molar-refractivity contribution in [2.75, 3.05) is 50.0 Å². The fourth-order valence-corrected chi connectivity index (χ4v) is 3.60. The first-order valence-electron chi connectivity index (χ1n) is 10.5. The smallest absolute Gasteiger partial charge is 0.320 e. The number of anilines is 2. The molecule has 2 heterocycles. The molecule has 2 N–H and O–H groups in total. The average molecular weight is 377 g/mol. The van der Waals surface area contributed by atoms with E-state index in [-0.39, 0.29) is 5.97 Å². The molecular weight excluding hydrogens is 340 g/mol. The van der Waals surface area contributed by atoms with E-state index in [2.05, 4.69) is 34.7 Å². The molecule has 1 aliphatic rings. The molecule has 0 unspecified atom stereocenters. The summed E-state index contributed by atoms with van der Waals surface area (Å²) in [5.74, 6) is 0.442. The average Bonchev–Trinajstić information content (AvgIpc) is 2.65. The lowest BCUT2D eigenvalue weighted by Crippen LogP contribution is -2.35. The summed E-state index contributed by atoms with van der Waals surface area (Å²) in [5.41, 5.74) is 8.13. The Balaban J connectivity index is 1.78. The quantitative estimate of drug-likeness (QED) is 0.472. The Morgan fingerprint density at radius 3 is 2.56 bits per heavy atom. The number of hydrogen-bond acceptors (Lipinski definition) is 6. The van der Waals surface area contributed by atoms with Crippen LogP contribution in [-0.4, -0.2) is 55.2 Å². The number of piperidine rings is 1. The molecule has 0 bridgehead atoms. The number of nitrogens with two attached hydrogens (primary N) is 1. The van der Waals surface area contributed by atoms with Crippen LogP contribution in [0.3, 0.4) is 0 Å². The first-order chi connectivity index (χ1) is 13.1. The van der Waals surface area contributed by atoms with Crippen LogP contribution in [-0.2, 0) is 16.0 Å². The number of pyridine rings is 1. The number of carbonyl (C=O) groups is 1. The number of esters is 1. The summed E-state index contributed by atoms with van der Waals surface area (Å²) in [7, 11) is 0. The number of likely N-dealkylation sites (tertiary alicyclic amines) is 1. The van der Waals surface area contributed by atoms with E-state index in [9.17, 15) is 4.79 Å². The van der Waals surface area contributed by atoms with E-state index < -0.39 is 0 Å². The van der Waals surface area contributed by atoms with Gasteiger partial charge in [0.25, 0.3) is 0 Å². The number of ether oxygens (including phenoxy) is 1. The molecule has 0 saturated carbocycles. The van der Waals surface area contributed by atoms with Gasteiger partial charge >= 0.3 is 5.97 Å². The minimum Gasteiger partial charge on any atom is -0.465 e. The highest BCUT2D eigenvalue weighted by atomic mass is 16.5. The third-order valence-corrected chi connectivity index (χ3v) is 4.88. The van der Waals surface area contributed by atoms with Crippen LogP contribution in [0.5, 0.6) is 0 Å². The van der Waals surface area contributed by atoms with Gasteiger partial charge in [0.2, 0.25) is 0 Å². The highest BCUT2D eigenvalue weighted by Gasteiger charge is 2.14. The number of nitrogen functional groups attached to an aromatic ring is 1. The molecule has 27 heavy (non-hydrogen) atoms. The lowest BCUT2D eigenvalue weighted by molar-refractivity contribution is -0.145. The fourth-order valence-electron chi connectivity index (χ4n) is 3.60. The minimum atomic E-state index is -0.116. The second-order valence-corrected chi connectivity index (χ2v) is 7.39. The molecule has 0 atom stereocenters. The molecule has 152 valence electrons. The third-order valence-electron chi connectivity index (χ3n) is 4.88. The predicted octanol–water partition coefficient (Wildman–Crippen LogP) is 3.25. The van der Waals surface area contributed by atoms with Gasteiger partial charge in [0.1, 0.15) is 5.82 Å². The van der Waals surface area contributed by atoms with Crippen LogP contribution in [0.2, 0.25) is 0 Å². The molecule has 1 fully saturated rings. The van der Waals surface area contributed by atoms with Crippen molar-refractivity contribution in [2.45, 2.75) is 58.8 Å². The van der Waals surface area contributed by atoms with Crippen molar-refractivity contribution < 1.29 is 9.53 Å². The lowest BCUT2D eigenvalue weighted by Gasteiger charge is -2.25. The van der Waals surface area contributed by atoms with Crippen LogP contribution >= 0.6 is 0 Å². The second kappa shape index (κ2) is 11.8. The maximum Gasteiger partial charge on any atom is 0.320 e. The monoisotopic (exact) mass is 376 g/mol. The van der Waals surface area contributed by atoms with E-state index in [4.69, 9.17) is 10.5 Å². The summed E-state index contributed by atoms with van der Waals surface area (Å²) in [5, 5.41) is 0. The van der Waals surface area contributed by atoms with Crippen LogP contribution in [0.15, 0.2) is 12.1 Å². The van der Waals surface area contributed by atoms with Crippen LogP contribution in [0.4, 0.5) is 11.5 Å². The molecule has 6 nitrogen and oxygen atoms in total. The fraction of sp³-hybridized carbons (Fsp3) is 0.714. The van der Waals surface area contributed by atoms with E-state index in [1.165, 1.54) is 19.3 Å². The van der Waals surface area contributed by atoms with Crippen LogP contribution in [0.1, 0.15) is 58.1 Å². The van der Waals surface area contributed by atoms with Crippen molar-refractivity contribution in [2.24, 2.45) is 0 Å². The zero-order chi connectivity index (χ0) is 19.5. The van der Waals surface area contributed by atoms with E-state index in [1.807, 2.05) is 6.07 Å². The van der Waals surface area contributed by atoms with Gasteiger partial charge in [-0.3, -0.25) is 9.69 Å². The molecule has 0 aromatic carbocycles. The zero-order valence-electron chi connectivity index (χ0n) is 17.1. The number of carbonyl (C=O) groups excluding carboxylic acids is 1. The summed E-state index contributed by atoms with van der Waals surface area (Å²) in [6.45, 7) is 9.29. The molecule has 0 amide bonds. The standard InChI is InChI=1S/C21H36N4O2/c1-3-10-25(11-4-2)19-15-18(23-20(22)16-19)9-8-14-27-21(26)17-24-12-6-5-7-13-24/h15-16H,3-14,17H2,1-2H3,(H2,22,23). The molecule has 1 saturated heterocycles. The van der Waals surface area contributed by atoms with Gasteiger partial charge in [-0.05, 0) is 57.7 Å². The zero-order valence-corrected chi connectivity index (χ0v) is 17.1. The van der Waals surface area contributed by atoms with E-state index in [1.54, 1.807) is 0 Å². The molecular formula is C21H36N4O2. The molecule has 6 heteroatoms. The van der Waals surface area contributed by atoms with Crippen molar-refractivity contribution in [3.63, 3.8) is 0 Å². The van der Waals surface area contributed by atoms with E-state index >= 15 is 0 Å². The number of aromatic nitrogens is 1. The van der Waals surface area contributed by atoms with Crippen LogP contribution < -0.4 is 10.6 Å². The highest BCUT2D eigenvalue weighted by molar-refractivity contribution is 5.71. The van der Waals surface area contributed by atoms with E-state index in [0.29, 0.717) is 19.0 Å². The second-order valence-electron chi connectivity index (χ2n) is 7.39. The summed E-state index contributed by atoms with van der Waals surface area (Å²) >= 11 is 0. The molecule has 0 radical (unpaired) electrons. The Labute approximate surface area is 164 Å². The maximum absolute atomic E-state index is 12.0. The van der Waals surface area contributed by atoms with Gasteiger partial charge < -0.3 is 15.4 Å². The maximum atomic E-state index is 12.0. The Hall–Kier alpha value is -1.82. The molecule has 1 aromatic rings. The molecule has 0 aliphatic carbocycles. The normalized spacial score (nSPS) is 14.9. The van der Waals surface area contributed by atoms with Gasteiger partial charge in [0.15, 0.2) is 0 Å². The third kappa shape index (κ3) is 7.75. The van der Waals surface area contributed by atoms with Crippen molar-refractivity contribution in [3.05, 3.63) is 17.8 Å². The van der Waals surface area contributed by atoms with Gasteiger partial charge in [-0.1, -0.05) is 20.3 Å². The van der Waals surface area contributed by atoms with Gasteiger partial charge in [-0.2, -0.15) is 0 Å². The Kier molecular flexibility index (Phi) is 9.39. The SMILES string of the molecule is CCCN(CCC)c1cc(N)nc(CCCOC(=O)CN2CCCCC2)c1. The highest BCUT2D eigenvalue weighted by Crippen LogP contribution is 2.20. The van der Waals surface area contributed by atoms with Gasteiger partial charge in [0, 0.05) is 30.5 Å². The predicted molar refractivity (Wildman–Crippen MR) is 111 cm³/mol. The summed E-state index contributed by atoms with van der Waals surface area (Å²) in [4.78, 5) is 21.0. The van der Waals surface area contributed by atoms with Crippen molar-refractivity contribution >= 4 is 17.5 Å². The molecule has 1 aromatic heterocycles. The van der Waals surface area contributed by atoms with Crippen molar-refractivity contribution in [1.29, 1.82) is 0 Å². The van der Waals surface area contributed by atoms with Crippen LogP contribution in [0, 0.1) is 0 Å². The number of nitrogens with zero attached hydrogens (tertiary/aromatic N) is 3. The number of rotatable bonds is 11. The largest absolute Gasteiger partial charge is 0.465 e. The minimum absolute atomic E-state index is 0.116. The first kappa shape index (κ1) is 21.5. The lowest BCUT2D eigenvalue weighted by atomic mass is 10.1. The summed E-state index contributed by atoms with van der Waals surface area (Å²) in [6.07, 6.45) is 7.38.